The van der Waals surface area contributed by atoms with E-state index >= 15 is 0 Å². The maximum absolute atomic E-state index is 10.2. The monoisotopic (exact) mass is 102 g/mol. The summed E-state index contributed by atoms with van der Waals surface area (Å²) in [6.07, 6.45) is 0. The number of rotatable bonds is 0. The molecule has 0 unspecified atom stereocenters. The zero-order valence-corrected chi connectivity index (χ0v) is 3.21. The van der Waals surface area contributed by atoms with Crippen LogP contribution in [0.15, 0.2) is 0 Å². The Kier molecular flexibility index (Phi) is 1.91. The molecule has 0 atom stereocenters. The molecule has 0 aromatic carbocycles. The quantitative estimate of drug-likeness (QED) is 0.408. The zero-order valence-electron chi connectivity index (χ0n) is 1.57. The van der Waals surface area contributed by atoms with Crippen LogP contribution in [-0.2, 0) is 21.4 Å². The molecule has 0 spiro atoms. The summed E-state index contributed by atoms with van der Waals surface area (Å²) in [5.74, 6) is 0. The van der Waals surface area contributed by atoms with E-state index < -0.39 is 10.2 Å². The number of hydrogen-bond acceptors (Lipinski definition) is 1. The molecular weight excluding hydrogens is 102 g/mol. The molecule has 0 radical (unpaired) electrons. The molecule has 0 saturated carbocycles. The van der Waals surface area contributed by atoms with Crippen LogP contribution in [-0.4, -0.2) is 0 Å². The lowest BCUT2D eigenvalue weighted by Gasteiger charge is -1.52. The molecule has 0 aromatic heterocycles. The summed E-state index contributed by atoms with van der Waals surface area (Å²) in [6.45, 7) is 0. The molecule has 0 aliphatic carbocycles. The van der Waals surface area contributed by atoms with Gasteiger partial charge in [0, 0.05) is 11.2 Å². The first kappa shape index (κ1) is 4.43. The van der Waals surface area contributed by atoms with E-state index in [1.54, 1.807) is 0 Å². The van der Waals surface area contributed by atoms with Gasteiger partial charge < -0.3 is 0 Å². The SMILES string of the molecule is F[32S](F)=[32S]. The third-order valence-electron chi connectivity index (χ3n) is 0. The van der Waals surface area contributed by atoms with Crippen LogP contribution in [0.1, 0.15) is 0 Å². The van der Waals surface area contributed by atoms with Gasteiger partial charge in [-0.2, -0.15) is 0 Å². The molecule has 0 aliphatic rings. The van der Waals surface area contributed by atoms with Gasteiger partial charge in [0.05, 0.1) is 0 Å². The molecule has 0 heterocycles. The molecule has 0 aromatic rings. The van der Waals surface area contributed by atoms with Crippen molar-refractivity contribution in [2.24, 2.45) is 0 Å². The van der Waals surface area contributed by atoms with E-state index in [-0.39, 0.29) is 0 Å². The first-order valence-electron chi connectivity index (χ1n) is 0.475. The summed E-state index contributed by atoms with van der Waals surface area (Å²) in [6, 6.07) is 0. The third kappa shape index (κ3) is 26.9. The highest BCUT2D eigenvalue weighted by atomic mass is 32.8. The van der Waals surface area contributed by atoms with Crippen LogP contribution in [0, 0.1) is 0 Å². The van der Waals surface area contributed by atoms with Crippen molar-refractivity contribution in [3.8, 4) is 0 Å². The van der Waals surface area contributed by atoms with E-state index in [1.807, 2.05) is 0 Å². The Morgan fingerprint density at radius 1 is 1.50 bits per heavy atom. The fourth-order valence-electron chi connectivity index (χ4n) is 0. The standard InChI is InChI=1S/F2S2/c1-4(2)3/i3+0,4+0. The largest absolute Gasteiger partial charge is 0.236 e. The van der Waals surface area contributed by atoms with Crippen LogP contribution < -0.4 is 0 Å². The van der Waals surface area contributed by atoms with Crippen molar-refractivity contribution in [2.45, 2.75) is 0 Å². The lowest BCUT2D eigenvalue weighted by atomic mass is 18.8. The highest BCUT2D eigenvalue weighted by Crippen LogP contribution is 1.77. The van der Waals surface area contributed by atoms with Gasteiger partial charge in [-0.3, -0.25) is 0 Å². The first-order chi connectivity index (χ1) is 1.73. The van der Waals surface area contributed by atoms with E-state index in [4.69, 9.17) is 0 Å². The Morgan fingerprint density at radius 2 is 1.50 bits per heavy atom. The van der Waals surface area contributed by atoms with Crippen molar-refractivity contribution in [3.63, 3.8) is 0 Å². The summed E-state index contributed by atoms with van der Waals surface area (Å²) in [5, 5.41) is 0. The van der Waals surface area contributed by atoms with E-state index in [2.05, 4.69) is 11.2 Å². The van der Waals surface area contributed by atoms with Crippen molar-refractivity contribution in [2.75, 3.05) is 0 Å². The highest BCUT2D eigenvalue weighted by molar-refractivity contribution is 8.23. The Bertz CT molecular complexity index is 27.0. The van der Waals surface area contributed by atoms with Gasteiger partial charge in [-0.25, -0.2) is 0 Å². The Labute approximate surface area is 30.0 Å². The second-order valence-electron chi connectivity index (χ2n) is 0.184. The molecule has 0 N–H and O–H groups in total. The number of hydrogen-bond donors (Lipinski definition) is 0. The number of halogens is 2. The van der Waals surface area contributed by atoms with Crippen molar-refractivity contribution in [1.82, 2.24) is 0 Å². The molecule has 4 heavy (non-hydrogen) atoms. The molecule has 0 rings (SSSR count). The maximum Gasteiger partial charge on any atom is 0.236 e. The van der Waals surface area contributed by atoms with Gasteiger partial charge in [-0.15, -0.1) is 7.77 Å². The minimum Gasteiger partial charge on any atom is -0.127 e. The van der Waals surface area contributed by atoms with Crippen LogP contribution in [0.3, 0.4) is 0 Å². The average molecular weight is 102 g/mol. The van der Waals surface area contributed by atoms with E-state index in [0.717, 1.165) is 0 Å². The van der Waals surface area contributed by atoms with Gasteiger partial charge in [-0.1, -0.05) is 0 Å². The minimum absolute atomic E-state index is 2.78. The smallest absolute Gasteiger partial charge is 0.127 e. The Balaban J connectivity index is 2.80. The molecule has 0 aliphatic heterocycles. The van der Waals surface area contributed by atoms with Crippen molar-refractivity contribution in [3.05, 3.63) is 0 Å². The molecule has 0 amide bonds. The Morgan fingerprint density at radius 3 is 1.50 bits per heavy atom. The van der Waals surface area contributed by atoms with Gasteiger partial charge >= 0.3 is 0 Å². The van der Waals surface area contributed by atoms with Crippen molar-refractivity contribution in [1.29, 1.82) is 0 Å². The van der Waals surface area contributed by atoms with Crippen molar-refractivity contribution >= 4 is 21.4 Å². The third-order valence-corrected chi connectivity index (χ3v) is 0. The average Bonchev–Trinajstić information content (AvgIpc) is 0.811. The van der Waals surface area contributed by atoms with Crippen LogP contribution in [0.2, 0.25) is 0 Å². The van der Waals surface area contributed by atoms with Gasteiger partial charge in [0.15, 0.2) is 0 Å². The molecule has 0 nitrogen and oxygen atoms in total. The van der Waals surface area contributed by atoms with Gasteiger partial charge in [-0.05, 0) is 0 Å². The molecular formula is F2S2. The van der Waals surface area contributed by atoms with E-state index in [9.17, 15) is 7.77 Å². The van der Waals surface area contributed by atoms with Gasteiger partial charge in [0.1, 0.15) is 0 Å². The van der Waals surface area contributed by atoms with Gasteiger partial charge in [0.2, 0.25) is 10.2 Å². The second-order valence-corrected chi connectivity index (χ2v) is 1.31. The predicted molar refractivity (Wildman–Crippen MR) is 16.9 cm³/mol. The topological polar surface area (TPSA) is 0 Å². The normalized spacial score (nSPS) is 8.75. The summed E-state index contributed by atoms with van der Waals surface area (Å²) in [7, 11) is -2.78. The molecule has 0 bridgehead atoms. The first-order valence-corrected chi connectivity index (χ1v) is 2.43. The van der Waals surface area contributed by atoms with E-state index in [1.165, 1.54) is 0 Å². The maximum atomic E-state index is 10.2. The van der Waals surface area contributed by atoms with Crippen LogP contribution in [0.4, 0.5) is 7.77 Å². The second kappa shape index (κ2) is 1.72. The fraction of sp³-hybridized carbons (Fsp3) is 0. The molecule has 26 valence electrons. The van der Waals surface area contributed by atoms with Crippen LogP contribution >= 0.6 is 0 Å². The lowest BCUT2D eigenvalue weighted by molar-refractivity contribution is 0.801. The van der Waals surface area contributed by atoms with Gasteiger partial charge in [0.25, 0.3) is 0 Å². The molecule has 4 heteroatoms. The lowest BCUT2D eigenvalue weighted by Crippen LogP contribution is -1.43. The van der Waals surface area contributed by atoms with E-state index in [0.29, 0.717) is 0 Å². The summed E-state index contributed by atoms with van der Waals surface area (Å²) in [5.41, 5.74) is 0. The summed E-state index contributed by atoms with van der Waals surface area (Å²) in [4.78, 5) is 0. The predicted octanol–water partition coefficient (Wildman–Crippen LogP) is 0.836. The minimum atomic E-state index is -2.78. The van der Waals surface area contributed by atoms with Crippen LogP contribution in [0.5, 0.6) is 0 Å². The van der Waals surface area contributed by atoms with Crippen LogP contribution in [0.25, 0.3) is 0 Å². The molecule has 0 saturated heterocycles. The fourth-order valence-corrected chi connectivity index (χ4v) is 0. The molecule has 0 fully saturated rings. The summed E-state index contributed by atoms with van der Waals surface area (Å²) >= 11 is 3.31. The highest BCUT2D eigenvalue weighted by Gasteiger charge is 1.66. The Hall–Kier alpha value is 0.430. The zero-order chi connectivity index (χ0) is 3.58. The van der Waals surface area contributed by atoms with Crippen molar-refractivity contribution < 1.29 is 7.77 Å². The summed E-state index contributed by atoms with van der Waals surface area (Å²) < 4.78 is 20.4.